The van der Waals surface area contributed by atoms with Crippen LogP contribution in [0.1, 0.15) is 134 Å². The lowest BCUT2D eigenvalue weighted by Gasteiger charge is -2.28. The number of esters is 1. The van der Waals surface area contributed by atoms with Crippen LogP contribution in [0.15, 0.2) is 88.8 Å². The number of primary amides is 1. The zero-order valence-electron chi connectivity index (χ0n) is 51.3. The van der Waals surface area contributed by atoms with E-state index in [1.807, 2.05) is 13.8 Å². The lowest BCUT2D eigenvalue weighted by Crippen LogP contribution is -2.46. The Labute approximate surface area is 523 Å². The number of unbranched alkanes of at least 4 members (excludes halogenated alkanes) is 4. The number of nitrogens with one attached hydrogen (secondary N) is 2. The maximum atomic E-state index is 14.4. The molecule has 1 unspecified atom stereocenters. The summed E-state index contributed by atoms with van der Waals surface area (Å²) in [6, 6.07) is 10.7. The van der Waals surface area contributed by atoms with Crippen molar-refractivity contribution in [3.8, 4) is 23.0 Å². The number of aliphatic hydroxyl groups excluding tert-OH is 1. The summed E-state index contributed by atoms with van der Waals surface area (Å²) in [6.45, 7) is 13.2. The number of nitrogens with zero attached hydrogens (tertiary/aromatic N) is 4. The van der Waals surface area contributed by atoms with Crippen LogP contribution in [0.4, 0.5) is 10.5 Å². The van der Waals surface area contributed by atoms with Gasteiger partial charge in [0.1, 0.15) is 18.3 Å². The minimum atomic E-state index is -1.38. The number of carbonyl (C=O) groups excluding carboxylic acids is 9. The Kier molecular flexibility index (Phi) is 23.0. The normalized spacial score (nSPS) is 19.2. The average Bonchev–Trinajstić information content (AvgIpc) is 1.77. The molecule has 8 rings (SSSR count). The number of thioether (sulfide) groups is 1. The summed E-state index contributed by atoms with van der Waals surface area (Å²) >= 11 is 1.22. The number of rotatable bonds is 32. The van der Waals surface area contributed by atoms with Crippen LogP contribution < -0.4 is 35.3 Å². The van der Waals surface area contributed by atoms with E-state index in [9.17, 15) is 48.3 Å². The highest BCUT2D eigenvalue weighted by Gasteiger charge is 2.48. The van der Waals surface area contributed by atoms with Gasteiger partial charge in [0.25, 0.3) is 23.6 Å². The Morgan fingerprint density at radius 3 is 2.09 bits per heavy atom. The van der Waals surface area contributed by atoms with Crippen LogP contribution in [0.25, 0.3) is 0 Å². The Bertz CT molecular complexity index is 3290. The van der Waals surface area contributed by atoms with E-state index >= 15 is 0 Å². The number of aliphatic imine (C=N–C) groups is 1. The fraction of sp³-hybridized carbons (Fsp3) is 0.485. The Balaban J connectivity index is 0.859. The van der Waals surface area contributed by atoms with Gasteiger partial charge in [-0.2, -0.15) is 0 Å². The molecule has 3 aromatic carbocycles. The van der Waals surface area contributed by atoms with Gasteiger partial charge in [-0.25, -0.2) is 4.79 Å². The number of ether oxygens (including phenoxy) is 5. The van der Waals surface area contributed by atoms with Crippen LogP contribution in [0.2, 0.25) is 0 Å². The molecule has 5 aliphatic rings. The number of benzene rings is 3. The number of nitrogens with two attached hydrogens (primary N) is 1. The molecule has 2 saturated heterocycles. The van der Waals surface area contributed by atoms with Crippen LogP contribution in [-0.4, -0.2) is 163 Å². The molecule has 89 heavy (non-hydrogen) atoms. The summed E-state index contributed by atoms with van der Waals surface area (Å²) in [5.41, 5.74) is 9.46. The van der Waals surface area contributed by atoms with Crippen molar-refractivity contribution in [3.05, 3.63) is 112 Å². The van der Waals surface area contributed by atoms with Gasteiger partial charge in [0.2, 0.25) is 5.91 Å². The van der Waals surface area contributed by atoms with Gasteiger partial charge in [-0.15, -0.1) is 11.8 Å². The number of ketones is 2. The number of imide groups is 1. The lowest BCUT2D eigenvalue weighted by molar-refractivity contribution is -0.150. The molecule has 23 heteroatoms. The summed E-state index contributed by atoms with van der Waals surface area (Å²) in [7, 11) is 2.97. The van der Waals surface area contributed by atoms with E-state index in [0.717, 1.165) is 11.1 Å². The average molecular weight is 1240 g/mol. The fourth-order valence-corrected chi connectivity index (χ4v) is 12.3. The van der Waals surface area contributed by atoms with Crippen LogP contribution in [-0.2, 0) is 46.5 Å². The molecular formula is C66H81N7O15S. The van der Waals surface area contributed by atoms with Crippen LogP contribution in [0.3, 0.4) is 0 Å². The predicted molar refractivity (Wildman–Crippen MR) is 333 cm³/mol. The SMILES string of the molecule is C=C1C[C@H]2C=Nc3cc(OCCCCCOc4cc5c(cc4OC)C(=O)N4CC(=C)C[C@H]4[C@H](O)C5C(=O)OCc4ccc(CC(=O)[C@H](CCCNC(N)=O)NC(=O)[C@@H](CC(=O)CCCCCN5C(=O)C=C(SC)C5=O)C(C)C)cc4)c(OC)cc3C(=O)N2C1. The number of hydrogen-bond acceptors (Lipinski definition) is 17. The van der Waals surface area contributed by atoms with Crippen molar-refractivity contribution in [2.24, 2.45) is 22.6 Å². The maximum absolute atomic E-state index is 14.4. The molecule has 0 saturated carbocycles. The van der Waals surface area contributed by atoms with E-state index in [1.54, 1.807) is 59.8 Å². The molecule has 22 nitrogen and oxygen atoms in total. The highest BCUT2D eigenvalue weighted by Crippen LogP contribution is 2.44. The van der Waals surface area contributed by atoms with E-state index < -0.39 is 53.8 Å². The first-order chi connectivity index (χ1) is 42.7. The van der Waals surface area contributed by atoms with Gasteiger partial charge < -0.3 is 55.0 Å². The van der Waals surface area contributed by atoms with Crippen molar-refractivity contribution in [1.82, 2.24) is 25.3 Å². The molecule has 5 heterocycles. The third-order valence-electron chi connectivity index (χ3n) is 16.8. The van der Waals surface area contributed by atoms with E-state index in [-0.39, 0.29) is 129 Å². The molecule has 6 atom stereocenters. The van der Waals surface area contributed by atoms with E-state index in [4.69, 9.17) is 29.4 Å². The molecule has 2 fully saturated rings. The molecule has 7 amide bonds. The number of Topliss-reactive ketones (excluding diaryl/α,β-unsaturated/α-hetero) is 2. The second kappa shape index (κ2) is 30.7. The summed E-state index contributed by atoms with van der Waals surface area (Å²) in [6.07, 6.45) is 8.58. The molecule has 476 valence electrons. The molecule has 0 radical (unpaired) electrons. The van der Waals surface area contributed by atoms with E-state index in [2.05, 4.69) is 28.8 Å². The molecule has 0 aliphatic carbocycles. The molecular weight excluding hydrogens is 1160 g/mol. The number of hydrogen-bond donors (Lipinski definition) is 4. The third-order valence-corrected chi connectivity index (χ3v) is 17.5. The smallest absolute Gasteiger partial charge is 0.316 e. The first-order valence-corrected chi connectivity index (χ1v) is 31.5. The highest BCUT2D eigenvalue weighted by molar-refractivity contribution is 8.03. The summed E-state index contributed by atoms with van der Waals surface area (Å²) in [5.74, 6) is -3.73. The maximum Gasteiger partial charge on any atom is 0.316 e. The van der Waals surface area contributed by atoms with Crippen molar-refractivity contribution in [1.29, 1.82) is 0 Å². The van der Waals surface area contributed by atoms with Gasteiger partial charge in [0.05, 0.1) is 67.8 Å². The minimum Gasteiger partial charge on any atom is -0.493 e. The topological polar surface area (TPSA) is 292 Å². The monoisotopic (exact) mass is 1240 g/mol. The first-order valence-electron chi connectivity index (χ1n) is 30.3. The van der Waals surface area contributed by atoms with Crippen molar-refractivity contribution < 1.29 is 71.9 Å². The van der Waals surface area contributed by atoms with Gasteiger partial charge in [0.15, 0.2) is 28.8 Å². The zero-order chi connectivity index (χ0) is 64.1. The molecule has 0 aromatic heterocycles. The third kappa shape index (κ3) is 16.5. The van der Waals surface area contributed by atoms with Gasteiger partial charge >= 0.3 is 12.0 Å². The van der Waals surface area contributed by atoms with E-state index in [0.29, 0.717) is 103 Å². The number of methoxy groups -OCH3 is 2. The van der Waals surface area contributed by atoms with Crippen molar-refractivity contribution in [3.63, 3.8) is 0 Å². The first kappa shape index (κ1) is 66.6. The largest absolute Gasteiger partial charge is 0.493 e. The van der Waals surface area contributed by atoms with Crippen molar-refractivity contribution >= 4 is 76.8 Å². The highest BCUT2D eigenvalue weighted by atomic mass is 32.2. The Hall–Kier alpha value is -8.31. The number of carbonyl (C=O) groups is 9. The number of fused-ring (bicyclic) bond motifs is 4. The van der Waals surface area contributed by atoms with Crippen molar-refractivity contribution in [2.45, 2.75) is 134 Å². The van der Waals surface area contributed by atoms with Crippen LogP contribution in [0, 0.1) is 11.8 Å². The van der Waals surface area contributed by atoms with Gasteiger partial charge in [-0.1, -0.05) is 68.8 Å². The second-order valence-corrected chi connectivity index (χ2v) is 24.3. The van der Waals surface area contributed by atoms with Crippen LogP contribution in [0.5, 0.6) is 23.0 Å². The number of urea groups is 1. The minimum absolute atomic E-state index is 0.0393. The van der Waals surface area contributed by atoms with Gasteiger partial charge in [0, 0.05) is 75.3 Å². The van der Waals surface area contributed by atoms with E-state index in [1.165, 1.54) is 47.9 Å². The predicted octanol–water partition coefficient (Wildman–Crippen LogP) is 7.24. The number of amides is 7. The van der Waals surface area contributed by atoms with Crippen LogP contribution >= 0.6 is 11.8 Å². The molecule has 0 bridgehead atoms. The van der Waals surface area contributed by atoms with Gasteiger partial charge in [-0.3, -0.25) is 48.2 Å². The fourth-order valence-electron chi connectivity index (χ4n) is 11.8. The summed E-state index contributed by atoms with van der Waals surface area (Å²) < 4.78 is 29.7. The van der Waals surface area contributed by atoms with Gasteiger partial charge in [-0.05, 0) is 105 Å². The Morgan fingerprint density at radius 2 is 1.43 bits per heavy atom. The standard InChI is InChI=1S/C66H81N7O15S/c1-38(2)45(28-44(74)15-10-8-11-22-71-58(76)33-57(89-7)64(71)81)61(78)70-49(16-14-21-68-66(67)83)52(75)27-41-17-19-42(20-18-41)37-88-65(82)59-46-29-55(53(84-5)30-47(46)62(79)73-36-40(4)26-51(73)60(59)77)86-23-12-9-13-24-87-56-32-50-48(31-54(56)85-6)63(80)72-35-39(3)25-43(72)34-69-50/h17-20,29-34,38,43,45,49,51,59-60,77H,3-4,8-16,21-28,35-37H2,1-2,5-7H3,(H,70,78)(H3,67,68,83)/t43-,45-,49-,51-,59?,60-/m0/s1. The Morgan fingerprint density at radius 1 is 0.787 bits per heavy atom. The second-order valence-electron chi connectivity index (χ2n) is 23.5. The van der Waals surface area contributed by atoms with Crippen molar-refractivity contribution in [2.75, 3.05) is 59.9 Å². The molecule has 5 N–H and O–H groups in total. The summed E-state index contributed by atoms with van der Waals surface area (Å²) in [4.78, 5) is 129. The zero-order valence-corrected chi connectivity index (χ0v) is 52.1. The molecule has 5 aliphatic heterocycles. The number of aliphatic hydroxyl groups is 1. The molecule has 3 aromatic rings. The quantitative estimate of drug-likeness (QED) is 0.0207. The lowest BCUT2D eigenvalue weighted by atomic mass is 9.86. The summed E-state index contributed by atoms with van der Waals surface area (Å²) in [5, 5.41) is 17.5. The molecule has 0 spiro atoms.